The van der Waals surface area contributed by atoms with E-state index in [2.05, 4.69) is 9.47 Å². The van der Waals surface area contributed by atoms with Crippen LogP contribution in [0.2, 0.25) is 0 Å². The molecule has 90 valence electrons. The number of hydrogen-bond acceptors (Lipinski definition) is 6. The second-order valence-electron chi connectivity index (χ2n) is 2.59. The van der Waals surface area contributed by atoms with E-state index in [1.54, 1.807) is 0 Å². The van der Waals surface area contributed by atoms with Crippen LogP contribution in [0.5, 0.6) is 0 Å². The molecule has 16 heavy (non-hydrogen) atoms. The van der Waals surface area contributed by atoms with Crippen molar-refractivity contribution in [1.29, 1.82) is 0 Å². The van der Waals surface area contributed by atoms with Crippen molar-refractivity contribution in [3.05, 3.63) is 0 Å². The van der Waals surface area contributed by atoms with Gasteiger partial charge in [0.2, 0.25) is 0 Å². The zero-order chi connectivity index (χ0) is 12.6. The molecule has 0 aliphatic carbocycles. The van der Waals surface area contributed by atoms with Crippen molar-refractivity contribution in [2.45, 2.75) is 12.8 Å². The summed E-state index contributed by atoms with van der Waals surface area (Å²) in [5.41, 5.74) is 0. The lowest BCUT2D eigenvalue weighted by Crippen LogP contribution is -2.18. The van der Waals surface area contributed by atoms with E-state index in [1.807, 2.05) is 0 Å². The normalized spacial score (nSPS) is 9.25. The highest BCUT2D eigenvalue weighted by Crippen LogP contribution is 1.93. The first-order valence-electron chi connectivity index (χ1n) is 4.25. The van der Waals surface area contributed by atoms with Crippen molar-refractivity contribution in [1.82, 2.24) is 0 Å². The highest BCUT2D eigenvalue weighted by atomic mass is 16.6. The number of carbonyl (C=O) groups is 4. The molecule has 0 heterocycles. The van der Waals surface area contributed by atoms with Crippen molar-refractivity contribution >= 4 is 23.9 Å². The summed E-state index contributed by atoms with van der Waals surface area (Å²) in [5, 5.41) is 16.2. The van der Waals surface area contributed by atoms with Gasteiger partial charge in [0.15, 0.2) is 0 Å². The molecule has 8 nitrogen and oxygen atoms in total. The second-order valence-corrected chi connectivity index (χ2v) is 2.59. The van der Waals surface area contributed by atoms with Crippen LogP contribution in [0.25, 0.3) is 0 Å². The van der Waals surface area contributed by atoms with Gasteiger partial charge in [-0.05, 0) is 12.8 Å². The van der Waals surface area contributed by atoms with Crippen LogP contribution in [0, 0.1) is 0 Å². The van der Waals surface area contributed by atoms with E-state index in [1.165, 1.54) is 0 Å². The third-order valence-electron chi connectivity index (χ3n) is 1.35. The summed E-state index contributed by atoms with van der Waals surface area (Å²) in [6.45, 7) is -0.258. The van der Waals surface area contributed by atoms with Gasteiger partial charge in [-0.3, -0.25) is 0 Å². The molecule has 2 N–H and O–H groups in total. The number of esters is 2. The van der Waals surface area contributed by atoms with E-state index < -0.39 is 23.9 Å². The number of hydrogen-bond donors (Lipinski definition) is 2. The SMILES string of the molecule is O=C(O)C(=O)OCCCCOC(=O)C(=O)O. The molecule has 0 bridgehead atoms. The first kappa shape index (κ1) is 13.9. The van der Waals surface area contributed by atoms with Crippen LogP contribution in [-0.2, 0) is 28.7 Å². The molecule has 0 atom stereocenters. The summed E-state index contributed by atoms with van der Waals surface area (Å²) >= 11 is 0. The number of carbonyl (C=O) groups excluding carboxylic acids is 2. The van der Waals surface area contributed by atoms with E-state index in [4.69, 9.17) is 10.2 Å². The lowest BCUT2D eigenvalue weighted by Gasteiger charge is -2.02. The topological polar surface area (TPSA) is 127 Å². The molecule has 8 heteroatoms. The first-order chi connectivity index (χ1) is 7.45. The molecule has 0 fully saturated rings. The number of carboxylic acids is 2. The summed E-state index contributed by atoms with van der Waals surface area (Å²) < 4.78 is 8.53. The van der Waals surface area contributed by atoms with Crippen molar-refractivity contribution in [2.75, 3.05) is 13.2 Å². The molecule has 0 unspecified atom stereocenters. The minimum atomic E-state index is -1.68. The lowest BCUT2D eigenvalue weighted by molar-refractivity contribution is -0.164. The minimum absolute atomic E-state index is 0.129. The molecule has 0 aromatic heterocycles. The van der Waals surface area contributed by atoms with Crippen molar-refractivity contribution in [2.24, 2.45) is 0 Å². The summed E-state index contributed by atoms with van der Waals surface area (Å²) in [7, 11) is 0. The number of carboxylic acid groups (broad SMARTS) is 2. The van der Waals surface area contributed by atoms with E-state index in [0.29, 0.717) is 0 Å². The van der Waals surface area contributed by atoms with Crippen LogP contribution in [0.15, 0.2) is 0 Å². The molecule has 0 aromatic rings. The Morgan fingerprint density at radius 3 is 1.31 bits per heavy atom. The maximum absolute atomic E-state index is 10.4. The summed E-state index contributed by atoms with van der Waals surface area (Å²) in [6.07, 6.45) is 0.540. The van der Waals surface area contributed by atoms with Crippen LogP contribution in [0.4, 0.5) is 0 Å². The number of ether oxygens (including phenoxy) is 2. The number of rotatable bonds is 5. The maximum atomic E-state index is 10.4. The van der Waals surface area contributed by atoms with Gasteiger partial charge < -0.3 is 19.7 Å². The van der Waals surface area contributed by atoms with Crippen molar-refractivity contribution < 1.29 is 38.9 Å². The van der Waals surface area contributed by atoms with Crippen LogP contribution >= 0.6 is 0 Å². The van der Waals surface area contributed by atoms with Crippen molar-refractivity contribution in [3.63, 3.8) is 0 Å². The maximum Gasteiger partial charge on any atom is 0.417 e. The summed E-state index contributed by atoms with van der Waals surface area (Å²) in [5.74, 6) is -6.08. The Balaban J connectivity index is 3.41. The minimum Gasteiger partial charge on any atom is -0.473 e. The Morgan fingerprint density at radius 2 is 1.06 bits per heavy atom. The average Bonchev–Trinajstić information content (AvgIpc) is 2.21. The van der Waals surface area contributed by atoms with Gasteiger partial charge in [-0.15, -0.1) is 0 Å². The molecule has 0 spiro atoms. The first-order valence-corrected chi connectivity index (χ1v) is 4.25. The largest absolute Gasteiger partial charge is 0.473 e. The Hall–Kier alpha value is -2.12. The van der Waals surface area contributed by atoms with E-state index in [0.717, 1.165) is 0 Å². The summed E-state index contributed by atoms with van der Waals surface area (Å²) in [4.78, 5) is 40.7. The van der Waals surface area contributed by atoms with Crippen LogP contribution in [-0.4, -0.2) is 47.3 Å². The molecule has 0 radical (unpaired) electrons. The van der Waals surface area contributed by atoms with Gasteiger partial charge in [0.1, 0.15) is 0 Å². The van der Waals surface area contributed by atoms with Gasteiger partial charge in [-0.25, -0.2) is 19.2 Å². The van der Waals surface area contributed by atoms with Crippen LogP contribution in [0.1, 0.15) is 12.8 Å². The number of aliphatic carboxylic acids is 2. The van der Waals surface area contributed by atoms with Gasteiger partial charge in [0.25, 0.3) is 0 Å². The fourth-order valence-electron chi connectivity index (χ4n) is 0.657. The monoisotopic (exact) mass is 234 g/mol. The molecule has 0 amide bonds. The predicted octanol–water partition coefficient (Wildman–Crippen LogP) is -0.978. The zero-order valence-electron chi connectivity index (χ0n) is 8.17. The van der Waals surface area contributed by atoms with Gasteiger partial charge >= 0.3 is 23.9 Å². The quantitative estimate of drug-likeness (QED) is 0.353. The Labute approximate surface area is 89.8 Å². The highest BCUT2D eigenvalue weighted by Gasteiger charge is 2.13. The molecule has 0 aliphatic rings. The van der Waals surface area contributed by atoms with Crippen molar-refractivity contribution in [3.8, 4) is 0 Å². The van der Waals surface area contributed by atoms with Gasteiger partial charge in [-0.2, -0.15) is 0 Å². The molecule has 0 rings (SSSR count). The van der Waals surface area contributed by atoms with Gasteiger partial charge in [-0.1, -0.05) is 0 Å². The van der Waals surface area contributed by atoms with Gasteiger partial charge in [0, 0.05) is 0 Å². The average molecular weight is 234 g/mol. The fraction of sp³-hybridized carbons (Fsp3) is 0.500. The Kier molecular flexibility index (Phi) is 6.25. The zero-order valence-corrected chi connectivity index (χ0v) is 8.17. The molecular weight excluding hydrogens is 224 g/mol. The lowest BCUT2D eigenvalue weighted by atomic mass is 10.3. The highest BCUT2D eigenvalue weighted by molar-refractivity contribution is 6.29. The van der Waals surface area contributed by atoms with E-state index >= 15 is 0 Å². The van der Waals surface area contributed by atoms with E-state index in [9.17, 15) is 19.2 Å². The molecular formula is C8H10O8. The fourth-order valence-corrected chi connectivity index (χ4v) is 0.657. The standard InChI is InChI=1S/C8H10O8/c9-5(10)7(13)15-3-1-2-4-16-8(14)6(11)12/h1-4H2,(H,9,10)(H,11,12). The summed E-state index contributed by atoms with van der Waals surface area (Å²) in [6, 6.07) is 0. The smallest absolute Gasteiger partial charge is 0.417 e. The Morgan fingerprint density at radius 1 is 0.750 bits per heavy atom. The molecule has 0 saturated carbocycles. The predicted molar refractivity (Wildman–Crippen MR) is 46.4 cm³/mol. The van der Waals surface area contributed by atoms with Gasteiger partial charge in [0.05, 0.1) is 13.2 Å². The molecule has 0 aliphatic heterocycles. The number of unbranched alkanes of at least 4 members (excludes halogenated alkanes) is 1. The van der Waals surface area contributed by atoms with Crippen LogP contribution in [0.3, 0.4) is 0 Å². The molecule has 0 saturated heterocycles. The molecule has 0 aromatic carbocycles. The Bertz CT molecular complexity index is 264. The van der Waals surface area contributed by atoms with Crippen LogP contribution < -0.4 is 0 Å². The third kappa shape index (κ3) is 6.35. The van der Waals surface area contributed by atoms with E-state index in [-0.39, 0.29) is 26.1 Å². The second kappa shape index (κ2) is 7.21. The third-order valence-corrected chi connectivity index (χ3v) is 1.35.